The Kier molecular flexibility index (Phi) is 3.33. The van der Waals surface area contributed by atoms with E-state index < -0.39 is 0 Å². The second-order valence-corrected chi connectivity index (χ2v) is 6.57. The zero-order chi connectivity index (χ0) is 13.4. The first-order valence-corrected chi connectivity index (χ1v) is 7.44. The van der Waals surface area contributed by atoms with Crippen molar-refractivity contribution in [3.05, 3.63) is 38.8 Å². The number of aromatic amines is 1. The summed E-state index contributed by atoms with van der Waals surface area (Å²) >= 11 is 7.37. The van der Waals surface area contributed by atoms with E-state index in [4.69, 9.17) is 11.6 Å². The Bertz CT molecular complexity index is 603. The van der Waals surface area contributed by atoms with E-state index in [1.54, 1.807) is 0 Å². The van der Waals surface area contributed by atoms with Gasteiger partial charge in [-0.3, -0.25) is 9.89 Å². The molecule has 0 radical (unpaired) electrons. The predicted octanol–water partition coefficient (Wildman–Crippen LogP) is 3.49. The molecule has 0 aromatic carbocycles. The Hall–Kier alpha value is -1.33. The smallest absolute Gasteiger partial charge is 0.272 e. The van der Waals surface area contributed by atoms with Crippen LogP contribution in [0.5, 0.6) is 0 Å². The minimum atomic E-state index is -0.153. The third-order valence-electron chi connectivity index (χ3n) is 3.22. The Balaban J connectivity index is 1.66. The lowest BCUT2D eigenvalue weighted by atomic mass is 10.2. The Morgan fingerprint density at radius 1 is 1.58 bits per heavy atom. The van der Waals surface area contributed by atoms with Crippen molar-refractivity contribution < 1.29 is 4.79 Å². The van der Waals surface area contributed by atoms with Crippen LogP contribution in [-0.2, 0) is 0 Å². The minimum Gasteiger partial charge on any atom is -0.343 e. The van der Waals surface area contributed by atoms with Crippen LogP contribution >= 0.6 is 22.9 Å². The molecule has 100 valence electrons. The SMILES string of the molecule is CC(NC(=O)c1cc(C2CC2)[nH]n1)c1ccc(Cl)s1. The maximum absolute atomic E-state index is 12.1. The topological polar surface area (TPSA) is 57.8 Å². The number of hydrogen-bond acceptors (Lipinski definition) is 3. The Labute approximate surface area is 120 Å². The maximum Gasteiger partial charge on any atom is 0.272 e. The largest absolute Gasteiger partial charge is 0.343 e. The molecule has 2 N–H and O–H groups in total. The van der Waals surface area contributed by atoms with Gasteiger partial charge in [0.25, 0.3) is 5.91 Å². The molecule has 1 saturated carbocycles. The van der Waals surface area contributed by atoms with Crippen LogP contribution in [-0.4, -0.2) is 16.1 Å². The highest BCUT2D eigenvalue weighted by Crippen LogP contribution is 2.39. The van der Waals surface area contributed by atoms with Crippen molar-refractivity contribution in [3.63, 3.8) is 0 Å². The molecule has 4 nitrogen and oxygen atoms in total. The standard InChI is InChI=1S/C13H14ClN3OS/c1-7(11-4-5-12(14)19-11)15-13(18)10-6-9(16-17-10)8-2-3-8/h4-8H,2-3H2,1H3,(H,15,18)(H,16,17). The third-order valence-corrected chi connectivity index (χ3v) is 4.63. The molecule has 6 heteroatoms. The van der Waals surface area contributed by atoms with Crippen molar-refractivity contribution in [2.24, 2.45) is 0 Å². The van der Waals surface area contributed by atoms with Gasteiger partial charge in [-0.05, 0) is 38.0 Å². The van der Waals surface area contributed by atoms with Crippen molar-refractivity contribution in [2.45, 2.75) is 31.7 Å². The molecule has 0 saturated heterocycles. The average Bonchev–Trinajstić information content (AvgIpc) is 2.94. The molecule has 3 rings (SSSR count). The summed E-state index contributed by atoms with van der Waals surface area (Å²) in [5.74, 6) is 0.419. The molecule has 1 aliphatic rings. The Morgan fingerprint density at radius 3 is 3.00 bits per heavy atom. The number of halogens is 1. The fourth-order valence-electron chi connectivity index (χ4n) is 1.96. The summed E-state index contributed by atoms with van der Waals surface area (Å²) in [5, 5.41) is 9.93. The second-order valence-electron chi connectivity index (χ2n) is 4.82. The van der Waals surface area contributed by atoms with Gasteiger partial charge >= 0.3 is 0 Å². The average molecular weight is 296 g/mol. The summed E-state index contributed by atoms with van der Waals surface area (Å²) in [6, 6.07) is 5.55. The van der Waals surface area contributed by atoms with Gasteiger partial charge in [0.1, 0.15) is 5.69 Å². The predicted molar refractivity (Wildman–Crippen MR) is 75.8 cm³/mol. The fraction of sp³-hybridized carbons (Fsp3) is 0.385. The molecule has 1 fully saturated rings. The zero-order valence-corrected chi connectivity index (χ0v) is 12.0. The van der Waals surface area contributed by atoms with Crippen molar-refractivity contribution in [1.82, 2.24) is 15.5 Å². The summed E-state index contributed by atoms with van der Waals surface area (Å²) in [4.78, 5) is 13.1. The first-order valence-electron chi connectivity index (χ1n) is 6.25. The van der Waals surface area contributed by atoms with Crippen LogP contribution in [0, 0.1) is 0 Å². The van der Waals surface area contributed by atoms with Crippen molar-refractivity contribution in [3.8, 4) is 0 Å². The minimum absolute atomic E-state index is 0.0638. The molecule has 2 aromatic rings. The number of nitrogens with zero attached hydrogens (tertiary/aromatic N) is 1. The highest BCUT2D eigenvalue weighted by atomic mass is 35.5. The van der Waals surface area contributed by atoms with Gasteiger partial charge in [-0.25, -0.2) is 0 Å². The summed E-state index contributed by atoms with van der Waals surface area (Å²) in [7, 11) is 0. The number of carbonyl (C=O) groups excluding carboxylic acids is 1. The molecule has 0 bridgehead atoms. The lowest BCUT2D eigenvalue weighted by Gasteiger charge is -2.10. The molecule has 2 heterocycles. The number of nitrogens with one attached hydrogen (secondary N) is 2. The van der Waals surface area contributed by atoms with Crippen LogP contribution < -0.4 is 5.32 Å². The van der Waals surface area contributed by atoms with Crippen LogP contribution in [0.4, 0.5) is 0 Å². The van der Waals surface area contributed by atoms with E-state index in [1.165, 1.54) is 24.2 Å². The molecular weight excluding hydrogens is 282 g/mol. The number of rotatable bonds is 4. The molecule has 1 unspecified atom stereocenters. The number of H-pyrrole nitrogens is 1. The highest BCUT2D eigenvalue weighted by Gasteiger charge is 2.26. The number of aromatic nitrogens is 2. The molecule has 1 aliphatic carbocycles. The van der Waals surface area contributed by atoms with Crippen molar-refractivity contribution in [2.75, 3.05) is 0 Å². The van der Waals surface area contributed by atoms with Gasteiger partial charge in [0.15, 0.2) is 0 Å². The van der Waals surface area contributed by atoms with E-state index in [1.807, 2.05) is 25.1 Å². The van der Waals surface area contributed by atoms with Gasteiger partial charge in [0.2, 0.25) is 0 Å². The van der Waals surface area contributed by atoms with Gasteiger partial charge in [0, 0.05) is 16.5 Å². The fourth-order valence-corrected chi connectivity index (χ4v) is 3.02. The quantitative estimate of drug-likeness (QED) is 0.907. The summed E-state index contributed by atoms with van der Waals surface area (Å²) in [6.07, 6.45) is 2.38. The first kappa shape index (κ1) is 12.7. The lowest BCUT2D eigenvalue weighted by Crippen LogP contribution is -2.26. The van der Waals surface area contributed by atoms with Gasteiger partial charge in [-0.1, -0.05) is 11.6 Å². The normalized spacial score (nSPS) is 16.3. The maximum atomic E-state index is 12.1. The Morgan fingerprint density at radius 2 is 2.37 bits per heavy atom. The summed E-state index contributed by atoms with van der Waals surface area (Å²) in [6.45, 7) is 1.94. The monoisotopic (exact) mass is 295 g/mol. The molecule has 2 aromatic heterocycles. The van der Waals surface area contributed by atoms with Gasteiger partial charge in [-0.2, -0.15) is 5.10 Å². The molecular formula is C13H14ClN3OS. The number of amides is 1. The lowest BCUT2D eigenvalue weighted by molar-refractivity contribution is 0.0935. The van der Waals surface area contributed by atoms with Crippen LogP contribution in [0.1, 0.15) is 52.8 Å². The van der Waals surface area contributed by atoms with Crippen molar-refractivity contribution >= 4 is 28.8 Å². The molecule has 1 atom stereocenters. The van der Waals surface area contributed by atoms with Crippen LogP contribution in [0.25, 0.3) is 0 Å². The molecule has 0 spiro atoms. The summed E-state index contributed by atoms with van der Waals surface area (Å²) in [5.41, 5.74) is 1.52. The van der Waals surface area contributed by atoms with Crippen LogP contribution in [0.15, 0.2) is 18.2 Å². The second kappa shape index (κ2) is 4.98. The van der Waals surface area contributed by atoms with E-state index in [0.717, 1.165) is 14.9 Å². The van der Waals surface area contributed by atoms with Crippen LogP contribution in [0.2, 0.25) is 4.34 Å². The third kappa shape index (κ3) is 2.82. The van der Waals surface area contributed by atoms with Gasteiger partial charge in [0.05, 0.1) is 10.4 Å². The van der Waals surface area contributed by atoms with E-state index in [-0.39, 0.29) is 11.9 Å². The first-order chi connectivity index (χ1) is 9.13. The number of carbonyl (C=O) groups is 1. The van der Waals surface area contributed by atoms with E-state index in [0.29, 0.717) is 11.6 Å². The van der Waals surface area contributed by atoms with E-state index >= 15 is 0 Å². The number of hydrogen-bond donors (Lipinski definition) is 2. The summed E-state index contributed by atoms with van der Waals surface area (Å²) < 4.78 is 0.729. The molecule has 1 amide bonds. The van der Waals surface area contributed by atoms with E-state index in [9.17, 15) is 4.79 Å². The van der Waals surface area contributed by atoms with Crippen molar-refractivity contribution in [1.29, 1.82) is 0 Å². The van der Waals surface area contributed by atoms with E-state index in [2.05, 4.69) is 15.5 Å². The molecule has 19 heavy (non-hydrogen) atoms. The molecule has 0 aliphatic heterocycles. The highest BCUT2D eigenvalue weighted by molar-refractivity contribution is 7.16. The number of thiophene rings is 1. The van der Waals surface area contributed by atoms with Crippen LogP contribution in [0.3, 0.4) is 0 Å². The van der Waals surface area contributed by atoms with Gasteiger partial charge in [-0.15, -0.1) is 11.3 Å². The van der Waals surface area contributed by atoms with Gasteiger partial charge < -0.3 is 5.32 Å². The zero-order valence-electron chi connectivity index (χ0n) is 10.4.